The monoisotopic (exact) mass is 1110 g/mol. The summed E-state index contributed by atoms with van der Waals surface area (Å²) in [5.74, 6) is 2.42. The van der Waals surface area contributed by atoms with Gasteiger partial charge in [0, 0.05) is 31.2 Å². The molecule has 79 heavy (non-hydrogen) atoms. The maximum absolute atomic E-state index is 12.4. The lowest BCUT2D eigenvalue weighted by molar-refractivity contribution is 0.101. The molecule has 0 amide bonds. The molecule has 10 rings (SSSR count). The average Bonchev–Trinajstić information content (AvgIpc) is 4.29. The minimum absolute atomic E-state index is 0.0935. The second kappa shape index (κ2) is 30.2. The van der Waals surface area contributed by atoms with Crippen molar-refractivity contribution in [1.82, 2.24) is 4.81 Å². The fourth-order valence-corrected chi connectivity index (χ4v) is 12.0. The number of aliphatic hydroxyl groups is 2. The number of Topliss-reactive ketones (excluding diaryl/α,β-unsaturated/α-hetero) is 1. The summed E-state index contributed by atoms with van der Waals surface area (Å²) < 4.78 is 46.7. The molecule has 1 unspecified atom stereocenters. The van der Waals surface area contributed by atoms with E-state index in [-0.39, 0.29) is 28.2 Å². The first-order valence-corrected chi connectivity index (χ1v) is 29.1. The van der Waals surface area contributed by atoms with Crippen LogP contribution in [0.25, 0.3) is 0 Å². The van der Waals surface area contributed by atoms with Crippen LogP contribution in [0.1, 0.15) is 78.4 Å². The summed E-state index contributed by atoms with van der Waals surface area (Å²) in [4.78, 5) is 18.7. The fraction of sp³-hybridized carbons (Fsp3) is 0.234. The van der Waals surface area contributed by atoms with Crippen LogP contribution in [0.5, 0.6) is 17.2 Å². The molecule has 2 saturated heterocycles. The Morgan fingerprint density at radius 2 is 0.924 bits per heavy atom. The molecule has 0 saturated carbocycles. The van der Waals surface area contributed by atoms with Crippen molar-refractivity contribution in [3.8, 4) is 17.2 Å². The normalized spacial score (nSPS) is 14.9. The van der Waals surface area contributed by atoms with Crippen molar-refractivity contribution in [1.29, 1.82) is 0 Å². The van der Waals surface area contributed by atoms with Crippen LogP contribution in [0, 0.1) is 0 Å². The van der Waals surface area contributed by atoms with Crippen LogP contribution < -0.4 is 14.2 Å². The average molecular weight is 1110 g/mol. The van der Waals surface area contributed by atoms with E-state index in [1.807, 2.05) is 97.1 Å². The SMILES string of the molecule is CB1OC(c2ccccc2)(c2ccccc2)C2CCCN12.COc1ccc(S(=O)(=O)c2ccc([C@@H](C)O)cc2)cc1.COc1ccc(Sc2ccc(C(C)=O)cc2)cc1.COc1ccc(Sc2ccc([C@@H](C)O)cc2)cc1.[B]C. The number of methoxy groups -OCH3 is 3. The van der Waals surface area contributed by atoms with Gasteiger partial charge in [-0.3, -0.25) is 4.79 Å². The molecule has 0 spiro atoms. The quantitative estimate of drug-likeness (QED) is 0.0794. The lowest BCUT2D eigenvalue weighted by Crippen LogP contribution is -2.41. The van der Waals surface area contributed by atoms with Gasteiger partial charge in [-0.2, -0.15) is 0 Å². The van der Waals surface area contributed by atoms with Gasteiger partial charge >= 0.3 is 7.05 Å². The van der Waals surface area contributed by atoms with E-state index in [9.17, 15) is 23.4 Å². The third-order valence-electron chi connectivity index (χ3n) is 13.2. The zero-order chi connectivity index (χ0) is 57.0. The van der Waals surface area contributed by atoms with Gasteiger partial charge < -0.3 is 33.9 Å². The van der Waals surface area contributed by atoms with Crippen molar-refractivity contribution >= 4 is 54.0 Å². The maximum atomic E-state index is 12.4. The minimum atomic E-state index is -3.54. The number of nitrogens with zero attached hydrogens (tertiary/aromatic N) is 1. The van der Waals surface area contributed by atoms with Crippen molar-refractivity contribution in [3.05, 3.63) is 234 Å². The highest BCUT2D eigenvalue weighted by Gasteiger charge is 2.56. The van der Waals surface area contributed by atoms with Crippen LogP contribution in [0.3, 0.4) is 0 Å². The number of rotatable bonds is 14. The summed E-state index contributed by atoms with van der Waals surface area (Å²) >= 11 is 3.35. The summed E-state index contributed by atoms with van der Waals surface area (Å²) in [7, 11) is 5.98. The van der Waals surface area contributed by atoms with E-state index in [4.69, 9.17) is 18.9 Å². The van der Waals surface area contributed by atoms with Crippen molar-refractivity contribution < 1.29 is 42.3 Å². The predicted molar refractivity (Wildman–Crippen MR) is 321 cm³/mol. The van der Waals surface area contributed by atoms with Crippen LogP contribution in [-0.4, -0.2) is 78.0 Å². The van der Waals surface area contributed by atoms with Gasteiger partial charge in [0.25, 0.3) is 0 Å². The zero-order valence-corrected chi connectivity index (χ0v) is 48.5. The molecule has 0 aromatic heterocycles. The number of hydrogen-bond acceptors (Lipinski definition) is 12. The third kappa shape index (κ3) is 16.5. The van der Waals surface area contributed by atoms with Gasteiger partial charge in [-0.15, -0.1) is 0 Å². The molecule has 0 aliphatic carbocycles. The molecule has 15 heteroatoms. The molecule has 2 heterocycles. The highest BCUT2D eigenvalue weighted by Crippen LogP contribution is 2.49. The first-order valence-electron chi connectivity index (χ1n) is 26.0. The Morgan fingerprint density at radius 1 is 0.582 bits per heavy atom. The molecule has 2 radical (unpaired) electrons. The maximum Gasteiger partial charge on any atom is 0.380 e. The second-order valence-corrected chi connectivity index (χ2v) is 22.6. The molecule has 2 N–H and O–H groups in total. The molecular formula is C64H69B2NO9S3. The second-order valence-electron chi connectivity index (χ2n) is 18.4. The van der Waals surface area contributed by atoms with Gasteiger partial charge in [0.1, 0.15) is 22.8 Å². The van der Waals surface area contributed by atoms with Crippen molar-refractivity contribution in [3.63, 3.8) is 0 Å². The van der Waals surface area contributed by atoms with Gasteiger partial charge in [0.15, 0.2) is 5.78 Å². The molecule has 10 nitrogen and oxygen atoms in total. The van der Waals surface area contributed by atoms with Gasteiger partial charge in [0.05, 0.1) is 51.2 Å². The van der Waals surface area contributed by atoms with Crippen LogP contribution in [0.4, 0.5) is 0 Å². The van der Waals surface area contributed by atoms with E-state index < -0.39 is 22.0 Å². The molecule has 0 bridgehead atoms. The van der Waals surface area contributed by atoms with Crippen molar-refractivity contribution in [2.75, 3.05) is 27.9 Å². The minimum Gasteiger partial charge on any atom is -0.497 e. The number of benzene rings is 8. The standard InChI is InChI=1S/C18H20BNO.C15H16O4S.C15H16O2S.C15H14O2S.CH3B/c1-19-20-14-8-13-17(20)18(21-19,15-9-4-2-5-10-15)16-11-6-3-7-12-16;1-11(16)12-3-7-14(8-4-12)20(17,18)15-9-5-13(19-2)6-10-15;2*1-11(16)12-3-7-14(8-4-12)18-15-9-5-13(17-2)6-10-15;1-2/h2-7,9-12,17H,8,13-14H2,1H3;3-11,16H,1-2H3;3-11,16H,1-2H3;3-10H,1-2H3;1H3/t;2*11-;;/m.11../s1. The van der Waals surface area contributed by atoms with Crippen molar-refractivity contribution in [2.45, 2.75) is 100 Å². The third-order valence-corrected chi connectivity index (χ3v) is 17.1. The smallest absolute Gasteiger partial charge is 0.380 e. The highest BCUT2D eigenvalue weighted by atomic mass is 32.2. The van der Waals surface area contributed by atoms with E-state index in [0.29, 0.717) is 17.4 Å². The van der Waals surface area contributed by atoms with Gasteiger partial charge in [0.2, 0.25) is 9.84 Å². The van der Waals surface area contributed by atoms with E-state index in [1.165, 1.54) is 67.1 Å². The molecule has 2 fully saturated rings. The molecule has 2 aliphatic rings. The molecular weight excluding hydrogens is 1040 g/mol. The van der Waals surface area contributed by atoms with Crippen LogP contribution >= 0.6 is 23.5 Å². The van der Waals surface area contributed by atoms with Gasteiger partial charge in [-0.25, -0.2) is 8.42 Å². The number of aliphatic hydroxyl groups excluding tert-OH is 2. The topological polar surface area (TPSA) is 132 Å². The first kappa shape index (κ1) is 61.7. The van der Waals surface area contributed by atoms with E-state index in [2.05, 4.69) is 80.1 Å². The summed E-state index contributed by atoms with van der Waals surface area (Å²) in [6.07, 6.45) is 1.44. The number of ketones is 1. The molecule has 2 aliphatic heterocycles. The van der Waals surface area contributed by atoms with Crippen molar-refractivity contribution in [2.24, 2.45) is 0 Å². The number of hydrogen-bond donors (Lipinski definition) is 2. The van der Waals surface area contributed by atoms with Gasteiger partial charge in [-0.1, -0.05) is 127 Å². The summed E-state index contributed by atoms with van der Waals surface area (Å²) in [6.45, 7) is 9.81. The Balaban J connectivity index is 0.000000169. The Hall–Kier alpha value is -6.55. The Labute approximate surface area is 478 Å². The Kier molecular flexibility index (Phi) is 23.5. The molecule has 408 valence electrons. The zero-order valence-electron chi connectivity index (χ0n) is 46.1. The fourth-order valence-electron chi connectivity index (χ4n) is 9.08. The number of ether oxygens (including phenoxy) is 3. The largest absolute Gasteiger partial charge is 0.497 e. The van der Waals surface area contributed by atoms with E-state index in [0.717, 1.165) is 43.9 Å². The lowest BCUT2D eigenvalue weighted by atomic mass is 9.79. The molecule has 8 aromatic carbocycles. The highest BCUT2D eigenvalue weighted by molar-refractivity contribution is 7.99. The molecule has 3 atom stereocenters. The van der Waals surface area contributed by atoms with E-state index in [1.54, 1.807) is 82.8 Å². The lowest BCUT2D eigenvalue weighted by Gasteiger charge is -2.36. The number of sulfone groups is 1. The Bertz CT molecular complexity index is 3150. The predicted octanol–water partition coefficient (Wildman–Crippen LogP) is 14.3. The Morgan fingerprint density at radius 3 is 1.29 bits per heavy atom. The number of carbonyl (C=O) groups is 1. The van der Waals surface area contributed by atoms with Gasteiger partial charge in [-0.05, 0) is 178 Å². The summed E-state index contributed by atoms with van der Waals surface area (Å²) in [6, 6.07) is 65.8. The number of carbonyl (C=O) groups excluding carboxylic acids is 1. The number of fused-ring (bicyclic) bond motifs is 1. The van der Waals surface area contributed by atoms with Crippen LogP contribution in [0.15, 0.2) is 236 Å². The summed E-state index contributed by atoms with van der Waals surface area (Å²) in [5.41, 5.74) is 4.59. The first-order chi connectivity index (χ1) is 38.1. The summed E-state index contributed by atoms with van der Waals surface area (Å²) in [5, 5.41) is 18.9. The van der Waals surface area contributed by atoms with Crippen LogP contribution in [0.2, 0.25) is 13.6 Å². The molecule has 8 aromatic rings. The van der Waals surface area contributed by atoms with Crippen LogP contribution in [-0.2, 0) is 20.1 Å². The van der Waals surface area contributed by atoms with E-state index >= 15 is 0 Å².